The van der Waals surface area contributed by atoms with Crippen molar-refractivity contribution in [3.63, 3.8) is 0 Å². The van der Waals surface area contributed by atoms with Gasteiger partial charge in [-0.3, -0.25) is 19.7 Å². The van der Waals surface area contributed by atoms with Crippen molar-refractivity contribution in [3.8, 4) is 0 Å². The molecule has 0 unspecified atom stereocenters. The van der Waals surface area contributed by atoms with Crippen molar-refractivity contribution in [2.24, 2.45) is 0 Å². The van der Waals surface area contributed by atoms with Gasteiger partial charge in [0, 0.05) is 30.8 Å². The Kier molecular flexibility index (Phi) is 7.05. The molecule has 0 aromatic heterocycles. The maximum atomic E-state index is 12.7. The van der Waals surface area contributed by atoms with Gasteiger partial charge >= 0.3 is 5.97 Å². The Morgan fingerprint density at radius 1 is 1.12 bits per heavy atom. The van der Waals surface area contributed by atoms with E-state index in [1.807, 2.05) is 19.0 Å². The summed E-state index contributed by atoms with van der Waals surface area (Å²) in [6, 6.07) is 5.31. The van der Waals surface area contributed by atoms with Crippen molar-refractivity contribution in [3.05, 3.63) is 39.9 Å². The molecule has 0 bridgehead atoms. The molecule has 1 rings (SSSR count). The largest absolute Gasteiger partial charge is 0.459 e. The number of rotatable bonds is 7. The Balaban J connectivity index is 2.91. The van der Waals surface area contributed by atoms with E-state index < -0.39 is 16.5 Å². The standard InChI is InChI=1S/C17H25N3O5/c1-17(2,3)25-15(21)12-19(11-10-18(4)5)16(22)13-6-8-14(9-7-13)20(23)24/h6-9H,10-12H2,1-5H3. The summed E-state index contributed by atoms with van der Waals surface area (Å²) in [5.41, 5.74) is -0.447. The van der Waals surface area contributed by atoms with Crippen molar-refractivity contribution in [1.29, 1.82) is 0 Å². The normalized spacial score (nSPS) is 11.3. The van der Waals surface area contributed by atoms with Crippen molar-refractivity contribution in [2.75, 3.05) is 33.7 Å². The molecule has 1 amide bonds. The highest BCUT2D eigenvalue weighted by Crippen LogP contribution is 2.14. The molecule has 138 valence electrons. The molecule has 0 saturated heterocycles. The second kappa shape index (κ2) is 8.57. The molecule has 0 aliphatic heterocycles. The van der Waals surface area contributed by atoms with Gasteiger partial charge in [0.1, 0.15) is 12.1 Å². The lowest BCUT2D eigenvalue weighted by atomic mass is 10.1. The van der Waals surface area contributed by atoms with Crippen LogP contribution in [0.5, 0.6) is 0 Å². The lowest BCUT2D eigenvalue weighted by Gasteiger charge is -2.26. The third-order valence-corrected chi connectivity index (χ3v) is 3.17. The molecule has 0 aliphatic carbocycles. The summed E-state index contributed by atoms with van der Waals surface area (Å²) in [5, 5.41) is 10.7. The maximum absolute atomic E-state index is 12.7. The fourth-order valence-corrected chi connectivity index (χ4v) is 2.01. The first-order valence-corrected chi connectivity index (χ1v) is 7.90. The van der Waals surface area contributed by atoms with Gasteiger partial charge in [-0.25, -0.2) is 0 Å². The van der Waals surface area contributed by atoms with Crippen molar-refractivity contribution in [2.45, 2.75) is 26.4 Å². The number of non-ortho nitro benzene ring substituents is 1. The Bertz CT molecular complexity index is 620. The fourth-order valence-electron chi connectivity index (χ4n) is 2.01. The summed E-state index contributed by atoms with van der Waals surface area (Å²) in [4.78, 5) is 38.2. The SMILES string of the molecule is CN(C)CCN(CC(=O)OC(C)(C)C)C(=O)c1ccc([N+](=O)[O-])cc1. The summed E-state index contributed by atoms with van der Waals surface area (Å²) in [7, 11) is 3.73. The van der Waals surface area contributed by atoms with Crippen molar-refractivity contribution in [1.82, 2.24) is 9.80 Å². The first kappa shape index (κ1) is 20.6. The minimum Gasteiger partial charge on any atom is -0.459 e. The van der Waals surface area contributed by atoms with Gasteiger partial charge in [-0.05, 0) is 47.0 Å². The highest BCUT2D eigenvalue weighted by Gasteiger charge is 2.23. The van der Waals surface area contributed by atoms with Gasteiger partial charge in [0.15, 0.2) is 0 Å². The minimum absolute atomic E-state index is 0.0940. The first-order valence-electron chi connectivity index (χ1n) is 7.90. The molecular weight excluding hydrogens is 326 g/mol. The zero-order valence-corrected chi connectivity index (χ0v) is 15.3. The van der Waals surface area contributed by atoms with E-state index in [9.17, 15) is 19.7 Å². The van der Waals surface area contributed by atoms with Crippen LogP contribution >= 0.6 is 0 Å². The molecule has 0 radical (unpaired) electrons. The molecule has 0 atom stereocenters. The number of nitro groups is 1. The number of likely N-dealkylation sites (N-methyl/N-ethyl adjacent to an activating group) is 1. The molecule has 0 N–H and O–H groups in total. The van der Waals surface area contributed by atoms with Gasteiger partial charge in [-0.15, -0.1) is 0 Å². The molecule has 25 heavy (non-hydrogen) atoms. The average molecular weight is 351 g/mol. The van der Waals surface area contributed by atoms with Crippen LogP contribution in [0.4, 0.5) is 5.69 Å². The Morgan fingerprint density at radius 3 is 2.12 bits per heavy atom. The lowest BCUT2D eigenvalue weighted by molar-refractivity contribution is -0.384. The van der Waals surface area contributed by atoms with Crippen LogP contribution in [-0.4, -0.2) is 65.9 Å². The number of hydrogen-bond donors (Lipinski definition) is 0. The van der Waals surface area contributed by atoms with E-state index in [4.69, 9.17) is 4.74 Å². The second-order valence-corrected chi connectivity index (χ2v) is 6.92. The van der Waals surface area contributed by atoms with Gasteiger partial charge in [-0.2, -0.15) is 0 Å². The van der Waals surface area contributed by atoms with E-state index in [0.717, 1.165) is 0 Å². The van der Waals surface area contributed by atoms with E-state index >= 15 is 0 Å². The Labute approximate surface area is 147 Å². The molecule has 0 aliphatic rings. The highest BCUT2D eigenvalue weighted by atomic mass is 16.6. The topological polar surface area (TPSA) is 93.0 Å². The van der Waals surface area contributed by atoms with Crippen LogP contribution in [0, 0.1) is 10.1 Å². The second-order valence-electron chi connectivity index (χ2n) is 6.92. The van der Waals surface area contributed by atoms with Crippen LogP contribution in [0.1, 0.15) is 31.1 Å². The average Bonchev–Trinajstić information content (AvgIpc) is 2.48. The molecule has 8 heteroatoms. The number of amides is 1. The minimum atomic E-state index is -0.638. The third kappa shape index (κ3) is 7.30. The van der Waals surface area contributed by atoms with Gasteiger partial charge in [-0.1, -0.05) is 0 Å². The number of carbonyl (C=O) groups is 2. The van der Waals surface area contributed by atoms with Crippen LogP contribution in [0.2, 0.25) is 0 Å². The number of nitrogens with zero attached hydrogens (tertiary/aromatic N) is 3. The van der Waals surface area contributed by atoms with Crippen molar-refractivity contribution < 1.29 is 19.2 Å². The summed E-state index contributed by atoms with van der Waals surface area (Å²) in [6.07, 6.45) is 0. The first-order chi connectivity index (χ1) is 11.5. The number of nitro benzene ring substituents is 1. The van der Waals surface area contributed by atoms with E-state index in [0.29, 0.717) is 13.1 Å². The Morgan fingerprint density at radius 2 is 1.68 bits per heavy atom. The maximum Gasteiger partial charge on any atom is 0.326 e. The van der Waals surface area contributed by atoms with E-state index in [1.54, 1.807) is 20.8 Å². The van der Waals surface area contributed by atoms with Gasteiger partial charge in [0.25, 0.3) is 11.6 Å². The van der Waals surface area contributed by atoms with Gasteiger partial charge < -0.3 is 14.5 Å². The zero-order chi connectivity index (χ0) is 19.2. The summed E-state index contributed by atoms with van der Waals surface area (Å²) >= 11 is 0. The number of benzene rings is 1. The lowest BCUT2D eigenvalue weighted by Crippen LogP contribution is -2.42. The van der Waals surface area contributed by atoms with Gasteiger partial charge in [0.2, 0.25) is 0 Å². The fraction of sp³-hybridized carbons (Fsp3) is 0.529. The molecule has 1 aromatic carbocycles. The summed E-state index contributed by atoms with van der Waals surface area (Å²) < 4.78 is 5.28. The molecule has 8 nitrogen and oxygen atoms in total. The monoisotopic (exact) mass is 351 g/mol. The van der Waals surface area contributed by atoms with E-state index in [1.165, 1.54) is 29.2 Å². The number of carbonyl (C=O) groups excluding carboxylic acids is 2. The number of ether oxygens (including phenoxy) is 1. The third-order valence-electron chi connectivity index (χ3n) is 3.17. The quantitative estimate of drug-likeness (QED) is 0.423. The number of hydrogen-bond acceptors (Lipinski definition) is 6. The molecule has 0 heterocycles. The van der Waals surface area contributed by atoms with E-state index in [-0.39, 0.29) is 23.7 Å². The summed E-state index contributed by atoms with van der Waals surface area (Å²) in [6.45, 7) is 6.00. The predicted molar refractivity (Wildman–Crippen MR) is 93.4 cm³/mol. The smallest absolute Gasteiger partial charge is 0.326 e. The molecular formula is C17H25N3O5. The van der Waals surface area contributed by atoms with Crippen LogP contribution in [0.15, 0.2) is 24.3 Å². The van der Waals surface area contributed by atoms with Crippen LogP contribution in [0.3, 0.4) is 0 Å². The molecule has 0 saturated carbocycles. The van der Waals surface area contributed by atoms with Crippen LogP contribution < -0.4 is 0 Å². The van der Waals surface area contributed by atoms with Crippen molar-refractivity contribution >= 4 is 17.6 Å². The predicted octanol–water partition coefficient (Wildman–Crippen LogP) is 1.94. The van der Waals surface area contributed by atoms with Gasteiger partial charge in [0.05, 0.1) is 4.92 Å². The number of esters is 1. The van der Waals surface area contributed by atoms with E-state index in [2.05, 4.69) is 0 Å². The van der Waals surface area contributed by atoms with Crippen LogP contribution in [0.25, 0.3) is 0 Å². The Hall–Kier alpha value is -2.48. The molecule has 0 fully saturated rings. The zero-order valence-electron chi connectivity index (χ0n) is 15.3. The molecule has 1 aromatic rings. The van der Waals surface area contributed by atoms with Crippen LogP contribution in [-0.2, 0) is 9.53 Å². The highest BCUT2D eigenvalue weighted by molar-refractivity contribution is 5.96. The summed E-state index contributed by atoms with van der Waals surface area (Å²) in [5.74, 6) is -0.871. The molecule has 0 spiro atoms.